The van der Waals surface area contributed by atoms with E-state index in [9.17, 15) is 9.59 Å². The first-order valence-corrected chi connectivity index (χ1v) is 8.91. The molecule has 26 heavy (non-hydrogen) atoms. The molecule has 1 heterocycles. The van der Waals surface area contributed by atoms with Crippen LogP contribution < -0.4 is 5.32 Å². The summed E-state index contributed by atoms with van der Waals surface area (Å²) in [4.78, 5) is 23.8. The largest absolute Gasteiger partial charge is 0.456 e. The van der Waals surface area contributed by atoms with Crippen LogP contribution in [0.3, 0.4) is 0 Å². The van der Waals surface area contributed by atoms with Crippen molar-refractivity contribution in [3.05, 3.63) is 44.2 Å². The van der Waals surface area contributed by atoms with Gasteiger partial charge in [0.25, 0.3) is 5.91 Å². The molecule has 0 bridgehead atoms. The molecular formula is C17H18Cl3N3O3. The van der Waals surface area contributed by atoms with Crippen LogP contribution in [0.15, 0.2) is 12.1 Å². The Morgan fingerprint density at radius 1 is 1.15 bits per heavy atom. The molecule has 1 aromatic heterocycles. The molecule has 0 aliphatic heterocycles. The molecule has 0 spiro atoms. The summed E-state index contributed by atoms with van der Waals surface area (Å²) in [6.07, 6.45) is 0.665. The average Bonchev–Trinajstić information content (AvgIpc) is 2.81. The quantitative estimate of drug-likeness (QED) is 0.566. The minimum absolute atomic E-state index is 0.161. The molecule has 0 saturated heterocycles. The van der Waals surface area contributed by atoms with Gasteiger partial charge in [-0.1, -0.05) is 34.8 Å². The number of esters is 1. The standard InChI is InChI=1S/C17H18Cl3N3O3/c1-9-11(10(2)23(3)22-9)4-5-17(25)26-8-16(24)21-15-7-13(19)12(18)6-14(15)20/h6-7H,4-5,8H2,1-3H3,(H,21,24). The zero-order chi connectivity index (χ0) is 19.4. The summed E-state index contributed by atoms with van der Waals surface area (Å²) < 4.78 is 6.77. The Labute approximate surface area is 166 Å². The lowest BCUT2D eigenvalue weighted by molar-refractivity contribution is -0.147. The van der Waals surface area contributed by atoms with Crippen molar-refractivity contribution < 1.29 is 14.3 Å². The molecule has 0 fully saturated rings. The van der Waals surface area contributed by atoms with E-state index in [1.807, 2.05) is 20.9 Å². The Hall–Kier alpha value is -1.76. The summed E-state index contributed by atoms with van der Waals surface area (Å²) in [7, 11) is 1.85. The van der Waals surface area contributed by atoms with E-state index in [1.54, 1.807) is 4.68 Å². The van der Waals surface area contributed by atoms with Crippen molar-refractivity contribution in [1.82, 2.24) is 9.78 Å². The number of aryl methyl sites for hydroxylation is 2. The minimum Gasteiger partial charge on any atom is -0.456 e. The van der Waals surface area contributed by atoms with Crippen molar-refractivity contribution in [3.63, 3.8) is 0 Å². The fraction of sp³-hybridized carbons (Fsp3) is 0.353. The van der Waals surface area contributed by atoms with Crippen molar-refractivity contribution in [2.45, 2.75) is 26.7 Å². The van der Waals surface area contributed by atoms with Crippen LogP contribution in [0, 0.1) is 13.8 Å². The third-order valence-corrected chi connectivity index (χ3v) is 4.92. The number of carbonyl (C=O) groups is 2. The van der Waals surface area contributed by atoms with Crippen LogP contribution in [0.25, 0.3) is 0 Å². The van der Waals surface area contributed by atoms with Crippen molar-refractivity contribution >= 4 is 52.4 Å². The van der Waals surface area contributed by atoms with E-state index in [2.05, 4.69) is 10.4 Å². The number of rotatable bonds is 6. The van der Waals surface area contributed by atoms with Crippen molar-refractivity contribution in [1.29, 1.82) is 0 Å². The lowest BCUT2D eigenvalue weighted by Crippen LogP contribution is -2.21. The fourth-order valence-electron chi connectivity index (χ4n) is 2.43. The predicted molar refractivity (Wildman–Crippen MR) is 102 cm³/mol. The van der Waals surface area contributed by atoms with Crippen LogP contribution in [0.5, 0.6) is 0 Å². The van der Waals surface area contributed by atoms with Gasteiger partial charge in [0.2, 0.25) is 0 Å². The maximum Gasteiger partial charge on any atom is 0.306 e. The Bertz CT molecular complexity index is 850. The molecule has 0 aliphatic rings. The van der Waals surface area contributed by atoms with Gasteiger partial charge in [-0.15, -0.1) is 0 Å². The fourth-order valence-corrected chi connectivity index (χ4v) is 3.02. The zero-order valence-electron chi connectivity index (χ0n) is 14.5. The summed E-state index contributed by atoms with van der Waals surface area (Å²) >= 11 is 17.7. The molecule has 1 N–H and O–H groups in total. The van der Waals surface area contributed by atoms with Crippen LogP contribution in [0.2, 0.25) is 15.1 Å². The SMILES string of the molecule is Cc1nn(C)c(C)c1CCC(=O)OCC(=O)Nc1cc(Cl)c(Cl)cc1Cl. The molecule has 0 aliphatic carbocycles. The highest BCUT2D eigenvalue weighted by Crippen LogP contribution is 2.32. The van der Waals surface area contributed by atoms with Gasteiger partial charge in [-0.25, -0.2) is 0 Å². The molecule has 2 rings (SSSR count). The van der Waals surface area contributed by atoms with Crippen LogP contribution in [0.4, 0.5) is 5.69 Å². The highest BCUT2D eigenvalue weighted by atomic mass is 35.5. The van der Waals surface area contributed by atoms with E-state index in [4.69, 9.17) is 39.5 Å². The molecule has 0 radical (unpaired) electrons. The maximum absolute atomic E-state index is 11.9. The summed E-state index contributed by atoms with van der Waals surface area (Å²) in [6, 6.07) is 2.85. The Morgan fingerprint density at radius 3 is 2.42 bits per heavy atom. The van der Waals surface area contributed by atoms with Gasteiger partial charge in [0.15, 0.2) is 6.61 Å². The van der Waals surface area contributed by atoms with Gasteiger partial charge < -0.3 is 10.1 Å². The number of carbonyl (C=O) groups excluding carboxylic acids is 2. The minimum atomic E-state index is -0.521. The van der Waals surface area contributed by atoms with E-state index in [0.29, 0.717) is 12.1 Å². The topological polar surface area (TPSA) is 73.2 Å². The Morgan fingerprint density at radius 2 is 1.81 bits per heavy atom. The molecule has 1 aromatic carbocycles. The number of benzene rings is 1. The van der Waals surface area contributed by atoms with Gasteiger partial charge in [0.05, 0.1) is 26.4 Å². The third kappa shape index (κ3) is 5.13. The molecule has 140 valence electrons. The molecule has 1 amide bonds. The van der Waals surface area contributed by atoms with Crippen LogP contribution in [-0.4, -0.2) is 28.3 Å². The predicted octanol–water partition coefficient (Wildman–Crippen LogP) is 4.11. The summed E-state index contributed by atoms with van der Waals surface area (Å²) in [5.74, 6) is -0.990. The molecule has 0 atom stereocenters. The van der Waals surface area contributed by atoms with Gasteiger partial charge in [-0.2, -0.15) is 5.10 Å². The first kappa shape index (κ1) is 20.6. The lowest BCUT2D eigenvalue weighted by Gasteiger charge is -2.09. The smallest absolute Gasteiger partial charge is 0.306 e. The normalized spacial score (nSPS) is 10.7. The van der Waals surface area contributed by atoms with Gasteiger partial charge in [-0.3, -0.25) is 14.3 Å². The highest BCUT2D eigenvalue weighted by molar-refractivity contribution is 6.44. The number of anilines is 1. The summed E-state index contributed by atoms with van der Waals surface area (Å²) in [5.41, 5.74) is 3.19. The zero-order valence-corrected chi connectivity index (χ0v) is 16.8. The van der Waals surface area contributed by atoms with Gasteiger partial charge in [0.1, 0.15) is 0 Å². The van der Waals surface area contributed by atoms with Crippen LogP contribution >= 0.6 is 34.8 Å². The van der Waals surface area contributed by atoms with Crippen molar-refractivity contribution in [2.75, 3.05) is 11.9 Å². The second-order valence-electron chi connectivity index (χ2n) is 5.73. The number of ether oxygens (including phenoxy) is 1. The van der Waals surface area contributed by atoms with E-state index in [-0.39, 0.29) is 21.5 Å². The Balaban J connectivity index is 1.83. The van der Waals surface area contributed by atoms with Crippen molar-refractivity contribution in [3.8, 4) is 0 Å². The highest BCUT2D eigenvalue weighted by Gasteiger charge is 2.14. The van der Waals surface area contributed by atoms with E-state index in [1.165, 1.54) is 12.1 Å². The number of aromatic nitrogens is 2. The lowest BCUT2D eigenvalue weighted by atomic mass is 10.1. The van der Waals surface area contributed by atoms with Gasteiger partial charge in [0, 0.05) is 19.2 Å². The molecule has 2 aromatic rings. The number of nitrogens with zero attached hydrogens (tertiary/aromatic N) is 2. The number of halogens is 3. The van der Waals surface area contributed by atoms with Crippen molar-refractivity contribution in [2.24, 2.45) is 7.05 Å². The summed E-state index contributed by atoms with van der Waals surface area (Å²) in [6.45, 7) is 3.41. The average molecular weight is 419 g/mol. The number of nitrogens with one attached hydrogen (secondary N) is 1. The monoisotopic (exact) mass is 417 g/mol. The molecule has 9 heteroatoms. The summed E-state index contributed by atoms with van der Waals surface area (Å²) in [5, 5.41) is 7.60. The van der Waals surface area contributed by atoms with Gasteiger partial charge in [-0.05, 0) is 38.0 Å². The maximum atomic E-state index is 11.9. The second kappa shape index (κ2) is 8.75. The molecule has 0 unspecified atom stereocenters. The van der Waals surface area contributed by atoms with E-state index in [0.717, 1.165) is 17.0 Å². The van der Waals surface area contributed by atoms with Crippen LogP contribution in [0.1, 0.15) is 23.4 Å². The Kier molecular flexibility index (Phi) is 6.92. The number of hydrogen-bond acceptors (Lipinski definition) is 4. The number of amides is 1. The first-order valence-electron chi connectivity index (χ1n) is 7.78. The number of hydrogen-bond donors (Lipinski definition) is 1. The first-order chi connectivity index (χ1) is 12.2. The molecule has 6 nitrogen and oxygen atoms in total. The van der Waals surface area contributed by atoms with E-state index < -0.39 is 18.5 Å². The molecular weight excluding hydrogens is 401 g/mol. The second-order valence-corrected chi connectivity index (χ2v) is 6.95. The third-order valence-electron chi connectivity index (χ3n) is 3.89. The van der Waals surface area contributed by atoms with E-state index >= 15 is 0 Å². The van der Waals surface area contributed by atoms with Gasteiger partial charge >= 0.3 is 5.97 Å². The van der Waals surface area contributed by atoms with Crippen LogP contribution in [-0.2, 0) is 27.8 Å². The molecule has 0 saturated carbocycles.